The smallest absolute Gasteiger partial charge is 0.258 e. The van der Waals surface area contributed by atoms with Crippen LogP contribution in [-0.2, 0) is 5.88 Å². The molecule has 0 aliphatic rings. The van der Waals surface area contributed by atoms with Crippen molar-refractivity contribution in [3.05, 3.63) is 32.6 Å². The number of alkyl halides is 3. The molecule has 0 bridgehead atoms. The average molecular weight is 257 g/mol. The lowest BCUT2D eigenvalue weighted by Crippen LogP contribution is -2.03. The summed E-state index contributed by atoms with van der Waals surface area (Å²) in [6.07, 6.45) is -2.10. The second-order valence-electron chi connectivity index (χ2n) is 2.51. The summed E-state index contributed by atoms with van der Waals surface area (Å²) in [6.45, 7) is 0. The van der Waals surface area contributed by atoms with Crippen molar-refractivity contribution in [3.63, 3.8) is 0 Å². The van der Waals surface area contributed by atoms with Crippen LogP contribution in [0.1, 0.15) is 17.7 Å². The van der Waals surface area contributed by atoms with Crippen LogP contribution in [0.5, 0.6) is 0 Å². The van der Waals surface area contributed by atoms with Gasteiger partial charge >= 0.3 is 0 Å². The molecule has 0 aliphatic carbocycles. The van der Waals surface area contributed by atoms with E-state index in [1.165, 1.54) is 0 Å². The molecule has 0 fully saturated rings. The molecule has 1 rings (SSSR count). The largest absolute Gasteiger partial charge is 0.295 e. The number of pyridine rings is 1. The fourth-order valence-electron chi connectivity index (χ4n) is 1.05. The molecule has 1 heterocycles. The quantitative estimate of drug-likeness (QED) is 0.474. The summed E-state index contributed by atoms with van der Waals surface area (Å²) < 4.78 is 24.8. The van der Waals surface area contributed by atoms with Gasteiger partial charge in [-0.25, -0.2) is 8.78 Å². The molecule has 0 spiro atoms. The first-order chi connectivity index (χ1) is 6.99. The molecule has 0 aliphatic heterocycles. The minimum atomic E-state index is -2.92. The second kappa shape index (κ2) is 4.67. The first kappa shape index (κ1) is 12.1. The molecule has 0 unspecified atom stereocenters. The molecule has 15 heavy (non-hydrogen) atoms. The van der Waals surface area contributed by atoms with Crippen molar-refractivity contribution in [3.8, 4) is 0 Å². The molecule has 0 saturated carbocycles. The number of aromatic nitrogens is 1. The van der Waals surface area contributed by atoms with E-state index in [2.05, 4.69) is 4.98 Å². The lowest BCUT2D eigenvalue weighted by Gasteiger charge is -2.06. The highest BCUT2D eigenvalue weighted by atomic mass is 35.5. The summed E-state index contributed by atoms with van der Waals surface area (Å²) in [5.74, 6) is -0.441. The third kappa shape index (κ3) is 2.32. The van der Waals surface area contributed by atoms with E-state index in [4.69, 9.17) is 23.2 Å². The molecule has 1 aromatic rings. The van der Waals surface area contributed by atoms with Gasteiger partial charge in [-0.15, -0.1) is 11.6 Å². The minimum Gasteiger partial charge on any atom is -0.258 e. The van der Waals surface area contributed by atoms with Crippen molar-refractivity contribution in [2.24, 2.45) is 0 Å². The van der Waals surface area contributed by atoms with Crippen LogP contribution in [0, 0.1) is 10.1 Å². The lowest BCUT2D eigenvalue weighted by molar-refractivity contribution is -0.385. The fourth-order valence-corrected chi connectivity index (χ4v) is 1.54. The maximum absolute atomic E-state index is 12.4. The zero-order chi connectivity index (χ0) is 11.6. The summed E-state index contributed by atoms with van der Waals surface area (Å²) in [4.78, 5) is 13.0. The number of nitrogens with zero attached hydrogens (tertiary/aromatic N) is 2. The maximum atomic E-state index is 12.4. The van der Waals surface area contributed by atoms with Gasteiger partial charge in [0.05, 0.1) is 22.6 Å². The first-order valence-corrected chi connectivity index (χ1v) is 4.56. The Balaban J connectivity index is 3.47. The molecule has 8 heteroatoms. The molecule has 4 nitrogen and oxygen atoms in total. The van der Waals surface area contributed by atoms with E-state index in [1.54, 1.807) is 0 Å². The van der Waals surface area contributed by atoms with Crippen LogP contribution in [0.4, 0.5) is 14.5 Å². The number of halogens is 4. The Morgan fingerprint density at radius 2 is 2.20 bits per heavy atom. The Morgan fingerprint density at radius 3 is 2.60 bits per heavy atom. The topological polar surface area (TPSA) is 56.0 Å². The van der Waals surface area contributed by atoms with E-state index in [0.717, 1.165) is 6.20 Å². The summed E-state index contributed by atoms with van der Waals surface area (Å²) in [5, 5.41) is 10.3. The summed E-state index contributed by atoms with van der Waals surface area (Å²) in [5.41, 5.74) is -1.66. The second-order valence-corrected chi connectivity index (χ2v) is 3.18. The van der Waals surface area contributed by atoms with Crippen LogP contribution < -0.4 is 0 Å². The number of hydrogen-bond donors (Lipinski definition) is 0. The van der Waals surface area contributed by atoms with E-state index in [0.29, 0.717) is 0 Å². The van der Waals surface area contributed by atoms with Crippen LogP contribution in [0.2, 0.25) is 5.02 Å². The van der Waals surface area contributed by atoms with Gasteiger partial charge in [-0.05, 0) is 0 Å². The van der Waals surface area contributed by atoms with E-state index in [1.807, 2.05) is 0 Å². The van der Waals surface area contributed by atoms with Crippen molar-refractivity contribution >= 4 is 28.9 Å². The van der Waals surface area contributed by atoms with E-state index in [-0.39, 0.29) is 10.6 Å². The van der Waals surface area contributed by atoms with Crippen LogP contribution in [-0.4, -0.2) is 9.91 Å². The van der Waals surface area contributed by atoms with Crippen molar-refractivity contribution < 1.29 is 13.7 Å². The van der Waals surface area contributed by atoms with Crippen molar-refractivity contribution in [2.45, 2.75) is 12.3 Å². The molecule has 0 aromatic carbocycles. The Morgan fingerprint density at radius 1 is 1.60 bits per heavy atom. The van der Waals surface area contributed by atoms with Crippen LogP contribution in [0.15, 0.2) is 6.20 Å². The van der Waals surface area contributed by atoms with Gasteiger partial charge in [0.1, 0.15) is 10.7 Å². The van der Waals surface area contributed by atoms with Crippen LogP contribution >= 0.6 is 23.2 Å². The Labute approximate surface area is 93.0 Å². The van der Waals surface area contributed by atoms with E-state index < -0.39 is 28.6 Å². The number of nitro groups is 1. The Hall–Kier alpha value is -1.01. The average Bonchev–Trinajstić information content (AvgIpc) is 2.15. The highest BCUT2D eigenvalue weighted by Gasteiger charge is 2.26. The predicted octanol–water partition coefficient (Wildman–Crippen LogP) is 3.32. The summed E-state index contributed by atoms with van der Waals surface area (Å²) in [6, 6.07) is 0. The lowest BCUT2D eigenvalue weighted by atomic mass is 10.2. The van der Waals surface area contributed by atoms with Gasteiger partial charge in [-0.2, -0.15) is 0 Å². The van der Waals surface area contributed by atoms with Gasteiger partial charge in [0, 0.05) is 0 Å². The van der Waals surface area contributed by atoms with Crippen molar-refractivity contribution in [1.82, 2.24) is 4.98 Å². The van der Waals surface area contributed by atoms with Crippen molar-refractivity contribution in [1.29, 1.82) is 0 Å². The summed E-state index contributed by atoms with van der Waals surface area (Å²) in [7, 11) is 0. The van der Waals surface area contributed by atoms with Gasteiger partial charge in [0.2, 0.25) is 0 Å². The molecule has 0 N–H and O–H groups in total. The highest BCUT2D eigenvalue weighted by molar-refractivity contribution is 6.32. The van der Waals surface area contributed by atoms with E-state index >= 15 is 0 Å². The minimum absolute atomic E-state index is 0.306. The molecule has 1 aromatic heterocycles. The van der Waals surface area contributed by atoms with Gasteiger partial charge in [-0.1, -0.05) is 11.6 Å². The molecular weight excluding hydrogens is 253 g/mol. The highest BCUT2D eigenvalue weighted by Crippen LogP contribution is 2.34. The number of rotatable bonds is 3. The molecule has 0 atom stereocenters. The molecule has 0 radical (unpaired) electrons. The SMILES string of the molecule is O=[N+]([O-])c1c(Cl)cnc(C(F)F)c1CCl. The Kier molecular flexibility index (Phi) is 3.76. The Bertz CT molecular complexity index is 401. The zero-order valence-corrected chi connectivity index (χ0v) is 8.60. The molecule has 0 amide bonds. The van der Waals surface area contributed by atoms with Gasteiger partial charge < -0.3 is 0 Å². The normalized spacial score (nSPS) is 10.7. The van der Waals surface area contributed by atoms with Crippen molar-refractivity contribution in [2.75, 3.05) is 0 Å². The van der Waals surface area contributed by atoms with Crippen LogP contribution in [0.3, 0.4) is 0 Å². The molecule has 0 saturated heterocycles. The monoisotopic (exact) mass is 256 g/mol. The van der Waals surface area contributed by atoms with Gasteiger partial charge in [0.15, 0.2) is 0 Å². The van der Waals surface area contributed by atoms with Gasteiger partial charge in [-0.3, -0.25) is 15.1 Å². The number of hydrogen-bond acceptors (Lipinski definition) is 3. The standard InChI is InChI=1S/C7H4Cl2F2N2O2/c8-1-3-5(7(10)11)12-2-4(9)6(3)13(14)15/h2,7H,1H2. The third-order valence-electron chi connectivity index (χ3n) is 1.66. The summed E-state index contributed by atoms with van der Waals surface area (Å²) >= 11 is 10.8. The third-order valence-corrected chi connectivity index (χ3v) is 2.20. The predicted molar refractivity (Wildman–Crippen MR) is 50.4 cm³/mol. The molecule has 82 valence electrons. The first-order valence-electron chi connectivity index (χ1n) is 3.64. The van der Waals surface area contributed by atoms with E-state index in [9.17, 15) is 18.9 Å². The van der Waals surface area contributed by atoms with Gasteiger partial charge in [0.25, 0.3) is 12.1 Å². The zero-order valence-electron chi connectivity index (χ0n) is 7.08. The fraction of sp³-hybridized carbons (Fsp3) is 0.286. The maximum Gasteiger partial charge on any atom is 0.295 e. The molecular formula is C7H4Cl2F2N2O2. The van der Waals surface area contributed by atoms with Crippen LogP contribution in [0.25, 0.3) is 0 Å².